The molecule has 0 bridgehead atoms. The predicted octanol–water partition coefficient (Wildman–Crippen LogP) is 3.14. The first kappa shape index (κ1) is 10.7. The lowest BCUT2D eigenvalue weighted by molar-refractivity contribution is -0.129. The minimum Gasteiger partial charge on any atom is -0.422 e. The van der Waals surface area contributed by atoms with Gasteiger partial charge in [-0.25, -0.2) is 4.79 Å². The lowest BCUT2D eigenvalue weighted by Gasteiger charge is -2.05. The van der Waals surface area contributed by atoms with Gasteiger partial charge in [0.25, 0.3) is 0 Å². The molecular formula is C11H9BrO2. The average Bonchev–Trinajstić information content (AvgIpc) is 2.18. The SMILES string of the molecule is C=Cc1ccccc1OC(=O)C(=C)Br. The molecule has 0 saturated heterocycles. The highest BCUT2D eigenvalue weighted by atomic mass is 79.9. The Kier molecular flexibility index (Phi) is 3.65. The van der Waals surface area contributed by atoms with Gasteiger partial charge in [-0.05, 0) is 22.0 Å². The van der Waals surface area contributed by atoms with Crippen molar-refractivity contribution in [3.63, 3.8) is 0 Å². The van der Waals surface area contributed by atoms with Gasteiger partial charge in [-0.1, -0.05) is 37.4 Å². The highest BCUT2D eigenvalue weighted by Crippen LogP contribution is 2.20. The number of hydrogen-bond acceptors (Lipinski definition) is 2. The molecule has 0 N–H and O–H groups in total. The first-order valence-corrected chi connectivity index (χ1v) is 4.72. The van der Waals surface area contributed by atoms with Crippen LogP contribution in [0.25, 0.3) is 6.08 Å². The molecule has 0 aliphatic heterocycles. The smallest absolute Gasteiger partial charge is 0.350 e. The molecule has 0 aliphatic rings. The van der Waals surface area contributed by atoms with Gasteiger partial charge in [-0.2, -0.15) is 0 Å². The zero-order valence-corrected chi connectivity index (χ0v) is 9.08. The first-order valence-electron chi connectivity index (χ1n) is 3.93. The van der Waals surface area contributed by atoms with Crippen LogP contribution < -0.4 is 4.74 Å². The van der Waals surface area contributed by atoms with Gasteiger partial charge in [0.05, 0.1) is 4.48 Å². The Balaban J connectivity index is 2.91. The van der Waals surface area contributed by atoms with Crippen LogP contribution in [0.15, 0.2) is 41.9 Å². The van der Waals surface area contributed by atoms with E-state index in [-0.39, 0.29) is 4.48 Å². The van der Waals surface area contributed by atoms with Crippen LogP contribution in [-0.4, -0.2) is 5.97 Å². The summed E-state index contributed by atoms with van der Waals surface area (Å²) >= 11 is 2.95. The lowest BCUT2D eigenvalue weighted by Crippen LogP contribution is -2.07. The molecule has 0 aliphatic carbocycles. The molecule has 0 amide bonds. The summed E-state index contributed by atoms with van der Waals surface area (Å²) < 4.78 is 5.23. The van der Waals surface area contributed by atoms with Gasteiger partial charge in [0, 0.05) is 5.56 Å². The predicted molar refractivity (Wildman–Crippen MR) is 60.2 cm³/mol. The molecule has 0 saturated carbocycles. The standard InChI is InChI=1S/C11H9BrO2/c1-3-9-6-4-5-7-10(9)14-11(13)8(2)12/h3-7H,1-2H2. The van der Waals surface area contributed by atoms with Crippen molar-refractivity contribution >= 4 is 28.0 Å². The second-order valence-electron chi connectivity index (χ2n) is 2.54. The van der Waals surface area contributed by atoms with Crippen molar-refractivity contribution in [2.24, 2.45) is 0 Å². The van der Waals surface area contributed by atoms with E-state index in [9.17, 15) is 4.79 Å². The van der Waals surface area contributed by atoms with Gasteiger partial charge in [-0.15, -0.1) is 0 Å². The fraction of sp³-hybridized carbons (Fsp3) is 0. The van der Waals surface area contributed by atoms with Crippen molar-refractivity contribution in [3.8, 4) is 5.75 Å². The van der Waals surface area contributed by atoms with E-state index in [0.29, 0.717) is 5.75 Å². The largest absolute Gasteiger partial charge is 0.422 e. The number of halogens is 1. The average molecular weight is 253 g/mol. The van der Waals surface area contributed by atoms with Crippen molar-refractivity contribution < 1.29 is 9.53 Å². The monoisotopic (exact) mass is 252 g/mol. The maximum absolute atomic E-state index is 11.2. The number of ether oxygens (including phenoxy) is 1. The Morgan fingerprint density at radius 3 is 2.64 bits per heavy atom. The maximum atomic E-state index is 11.2. The normalized spacial score (nSPS) is 9.21. The van der Waals surface area contributed by atoms with Crippen LogP contribution in [0.1, 0.15) is 5.56 Å². The van der Waals surface area contributed by atoms with Crippen molar-refractivity contribution in [3.05, 3.63) is 47.5 Å². The summed E-state index contributed by atoms with van der Waals surface area (Å²) in [7, 11) is 0. The molecule has 0 fully saturated rings. The summed E-state index contributed by atoms with van der Waals surface area (Å²) in [6.45, 7) is 7.04. The van der Waals surface area contributed by atoms with E-state index in [1.54, 1.807) is 18.2 Å². The lowest BCUT2D eigenvalue weighted by atomic mass is 10.2. The van der Waals surface area contributed by atoms with Crippen LogP contribution in [-0.2, 0) is 4.79 Å². The van der Waals surface area contributed by atoms with Gasteiger partial charge >= 0.3 is 5.97 Å². The molecular weight excluding hydrogens is 244 g/mol. The highest BCUT2D eigenvalue weighted by molar-refractivity contribution is 9.12. The molecule has 0 aromatic heterocycles. The van der Waals surface area contributed by atoms with Crippen LogP contribution in [0.4, 0.5) is 0 Å². The summed E-state index contributed by atoms with van der Waals surface area (Å²) in [5.41, 5.74) is 0.773. The molecule has 0 unspecified atom stereocenters. The fourth-order valence-electron chi connectivity index (χ4n) is 0.897. The molecule has 2 nitrogen and oxygen atoms in total. The third-order valence-corrected chi connectivity index (χ3v) is 1.89. The van der Waals surface area contributed by atoms with Crippen LogP contribution >= 0.6 is 15.9 Å². The van der Waals surface area contributed by atoms with Gasteiger partial charge in [0.2, 0.25) is 0 Å². The van der Waals surface area contributed by atoms with Gasteiger partial charge in [0.15, 0.2) is 0 Å². The Labute approximate surface area is 91.0 Å². The highest BCUT2D eigenvalue weighted by Gasteiger charge is 2.08. The number of hydrogen-bond donors (Lipinski definition) is 0. The molecule has 1 aromatic rings. The summed E-state index contributed by atoms with van der Waals surface area (Å²) in [5.74, 6) is -0.0209. The van der Waals surface area contributed by atoms with Crippen LogP contribution in [0.2, 0.25) is 0 Å². The van der Waals surface area contributed by atoms with E-state index in [0.717, 1.165) is 5.56 Å². The van der Waals surface area contributed by atoms with Crippen LogP contribution in [0.5, 0.6) is 5.75 Å². The topological polar surface area (TPSA) is 26.3 Å². The molecule has 72 valence electrons. The van der Waals surface area contributed by atoms with E-state index >= 15 is 0 Å². The van der Waals surface area contributed by atoms with E-state index in [1.165, 1.54) is 0 Å². The number of carbonyl (C=O) groups excluding carboxylic acids is 1. The Morgan fingerprint density at radius 2 is 2.07 bits per heavy atom. The molecule has 0 radical (unpaired) electrons. The summed E-state index contributed by atoms with van der Waals surface area (Å²) in [6.07, 6.45) is 1.62. The summed E-state index contributed by atoms with van der Waals surface area (Å²) in [5, 5.41) is 0. The molecule has 0 heterocycles. The minimum atomic E-state index is -0.501. The third-order valence-electron chi connectivity index (χ3n) is 1.56. The Morgan fingerprint density at radius 1 is 1.43 bits per heavy atom. The van der Waals surface area contributed by atoms with Crippen LogP contribution in [0, 0.1) is 0 Å². The molecule has 3 heteroatoms. The summed E-state index contributed by atoms with van der Waals surface area (Å²) in [6, 6.07) is 7.14. The molecule has 0 atom stereocenters. The van der Waals surface area contributed by atoms with Crippen molar-refractivity contribution in [1.29, 1.82) is 0 Å². The third kappa shape index (κ3) is 2.57. The quantitative estimate of drug-likeness (QED) is 0.470. The first-order chi connectivity index (χ1) is 6.65. The molecule has 0 spiro atoms. The van der Waals surface area contributed by atoms with E-state index in [4.69, 9.17) is 4.74 Å². The second kappa shape index (κ2) is 4.77. The van der Waals surface area contributed by atoms with E-state index < -0.39 is 5.97 Å². The van der Waals surface area contributed by atoms with Crippen molar-refractivity contribution in [2.45, 2.75) is 0 Å². The summed E-state index contributed by atoms with van der Waals surface area (Å²) in [4.78, 5) is 11.2. The molecule has 14 heavy (non-hydrogen) atoms. The zero-order chi connectivity index (χ0) is 10.6. The number of esters is 1. The Bertz CT molecular complexity index is 383. The minimum absolute atomic E-state index is 0.191. The van der Waals surface area contributed by atoms with Gasteiger partial charge < -0.3 is 4.74 Å². The van der Waals surface area contributed by atoms with E-state index in [2.05, 4.69) is 29.1 Å². The van der Waals surface area contributed by atoms with Gasteiger partial charge in [0.1, 0.15) is 5.75 Å². The van der Waals surface area contributed by atoms with Crippen molar-refractivity contribution in [2.75, 3.05) is 0 Å². The molecule has 1 aromatic carbocycles. The number of benzene rings is 1. The number of rotatable bonds is 3. The maximum Gasteiger partial charge on any atom is 0.350 e. The number of carbonyl (C=O) groups is 1. The Hall–Kier alpha value is -1.35. The van der Waals surface area contributed by atoms with Gasteiger partial charge in [-0.3, -0.25) is 0 Å². The van der Waals surface area contributed by atoms with E-state index in [1.807, 2.05) is 12.1 Å². The fourth-order valence-corrected chi connectivity index (χ4v) is 0.978. The molecule has 1 rings (SSSR count). The zero-order valence-electron chi connectivity index (χ0n) is 7.50. The number of para-hydroxylation sites is 1. The van der Waals surface area contributed by atoms with Crippen molar-refractivity contribution in [1.82, 2.24) is 0 Å². The van der Waals surface area contributed by atoms with Crippen LogP contribution in [0.3, 0.4) is 0 Å². The second-order valence-corrected chi connectivity index (χ2v) is 3.49.